The molecule has 0 saturated carbocycles. The monoisotopic (exact) mass is 310 g/mol. The average Bonchev–Trinajstić information content (AvgIpc) is 2.56. The Morgan fingerprint density at radius 1 is 1.09 bits per heavy atom. The second kappa shape index (κ2) is 8.11. The summed E-state index contributed by atoms with van der Waals surface area (Å²) in [6.45, 7) is 2.20. The summed E-state index contributed by atoms with van der Waals surface area (Å²) in [5.74, 6) is 0.672. The van der Waals surface area contributed by atoms with Crippen LogP contribution in [-0.4, -0.2) is 58.2 Å². The van der Waals surface area contributed by atoms with Crippen molar-refractivity contribution in [1.29, 1.82) is 0 Å². The molecule has 122 valence electrons. The number of methoxy groups -OCH3 is 3. The van der Waals surface area contributed by atoms with Crippen LogP contribution in [0.15, 0.2) is 12.1 Å². The maximum atomic E-state index is 12.6. The van der Waals surface area contributed by atoms with E-state index in [1.54, 1.807) is 19.1 Å². The molecule has 1 N–H and O–H groups in total. The van der Waals surface area contributed by atoms with Crippen molar-refractivity contribution in [2.75, 3.05) is 41.5 Å². The molecule has 22 heavy (non-hydrogen) atoms. The molecular formula is C15H22N2O5. The Labute approximate surface area is 130 Å². The maximum Gasteiger partial charge on any atom is 0.254 e. The number of ether oxygens (including phenoxy) is 3. The number of hydrogen-bond donors (Lipinski definition) is 1. The van der Waals surface area contributed by atoms with E-state index in [2.05, 4.69) is 5.32 Å². The maximum absolute atomic E-state index is 12.6. The van der Waals surface area contributed by atoms with Gasteiger partial charge in [0.2, 0.25) is 11.7 Å². The zero-order chi connectivity index (χ0) is 16.7. The minimum atomic E-state index is -0.287. The summed E-state index contributed by atoms with van der Waals surface area (Å²) in [5, 5.41) is 2.50. The van der Waals surface area contributed by atoms with Gasteiger partial charge in [0.25, 0.3) is 5.91 Å². The SMILES string of the molecule is CCN(CC(=O)NC)C(=O)c1cc(OC)c(OC)c(OC)c1. The van der Waals surface area contributed by atoms with E-state index in [-0.39, 0.29) is 18.4 Å². The third kappa shape index (κ3) is 3.81. The molecule has 0 aliphatic heterocycles. The van der Waals surface area contributed by atoms with Crippen LogP contribution >= 0.6 is 0 Å². The van der Waals surface area contributed by atoms with Crippen molar-refractivity contribution in [1.82, 2.24) is 10.2 Å². The number of rotatable bonds is 7. The number of nitrogens with zero attached hydrogens (tertiary/aromatic N) is 1. The normalized spacial score (nSPS) is 9.86. The van der Waals surface area contributed by atoms with Crippen molar-refractivity contribution >= 4 is 11.8 Å². The largest absolute Gasteiger partial charge is 0.493 e. The van der Waals surface area contributed by atoms with Crippen LogP contribution in [0.4, 0.5) is 0 Å². The van der Waals surface area contributed by atoms with E-state index in [4.69, 9.17) is 14.2 Å². The van der Waals surface area contributed by atoms with Crippen molar-refractivity contribution in [2.24, 2.45) is 0 Å². The number of likely N-dealkylation sites (N-methyl/N-ethyl adjacent to an activating group) is 2. The van der Waals surface area contributed by atoms with Gasteiger partial charge in [-0.1, -0.05) is 0 Å². The zero-order valence-corrected chi connectivity index (χ0v) is 13.6. The number of nitrogens with one attached hydrogen (secondary N) is 1. The molecule has 0 aromatic heterocycles. The fourth-order valence-electron chi connectivity index (χ4n) is 1.97. The molecule has 0 unspecified atom stereocenters. The third-order valence-corrected chi connectivity index (χ3v) is 3.19. The lowest BCUT2D eigenvalue weighted by Gasteiger charge is -2.21. The molecule has 0 radical (unpaired) electrons. The highest BCUT2D eigenvalue weighted by Gasteiger charge is 2.21. The van der Waals surface area contributed by atoms with Crippen molar-refractivity contribution in [3.63, 3.8) is 0 Å². The van der Waals surface area contributed by atoms with Crippen LogP contribution in [0.2, 0.25) is 0 Å². The van der Waals surface area contributed by atoms with Gasteiger partial charge in [-0.2, -0.15) is 0 Å². The lowest BCUT2D eigenvalue weighted by Crippen LogP contribution is -2.39. The number of amides is 2. The minimum Gasteiger partial charge on any atom is -0.493 e. The van der Waals surface area contributed by atoms with Crippen molar-refractivity contribution in [2.45, 2.75) is 6.92 Å². The Hall–Kier alpha value is -2.44. The number of hydrogen-bond acceptors (Lipinski definition) is 5. The number of benzene rings is 1. The molecule has 1 rings (SSSR count). The van der Waals surface area contributed by atoms with Crippen molar-refractivity contribution in [3.05, 3.63) is 17.7 Å². The van der Waals surface area contributed by atoms with E-state index >= 15 is 0 Å². The first-order valence-electron chi connectivity index (χ1n) is 6.82. The fourth-order valence-corrected chi connectivity index (χ4v) is 1.97. The van der Waals surface area contributed by atoms with Crippen LogP contribution in [0, 0.1) is 0 Å². The van der Waals surface area contributed by atoms with Crippen LogP contribution in [-0.2, 0) is 4.79 Å². The summed E-state index contributed by atoms with van der Waals surface area (Å²) in [5.41, 5.74) is 0.361. The minimum absolute atomic E-state index is 0.0114. The Kier molecular flexibility index (Phi) is 6.49. The Morgan fingerprint density at radius 2 is 1.64 bits per heavy atom. The van der Waals surface area contributed by atoms with Crippen molar-refractivity contribution < 1.29 is 23.8 Å². The first-order valence-corrected chi connectivity index (χ1v) is 6.82. The molecule has 0 aliphatic carbocycles. The quantitative estimate of drug-likeness (QED) is 0.810. The van der Waals surface area contributed by atoms with E-state index < -0.39 is 0 Å². The highest BCUT2D eigenvalue weighted by molar-refractivity contribution is 5.97. The Balaban J connectivity index is 3.18. The second-order valence-electron chi connectivity index (χ2n) is 4.41. The van der Waals surface area contributed by atoms with Crippen LogP contribution in [0.5, 0.6) is 17.2 Å². The van der Waals surface area contributed by atoms with Gasteiger partial charge >= 0.3 is 0 Å². The summed E-state index contributed by atoms with van der Waals surface area (Å²) in [6.07, 6.45) is 0. The molecule has 1 aromatic carbocycles. The second-order valence-corrected chi connectivity index (χ2v) is 4.41. The topological polar surface area (TPSA) is 77.1 Å². The molecule has 0 aliphatic rings. The molecule has 7 nitrogen and oxygen atoms in total. The average molecular weight is 310 g/mol. The van der Waals surface area contributed by atoms with Crippen LogP contribution in [0.25, 0.3) is 0 Å². The van der Waals surface area contributed by atoms with E-state index in [1.165, 1.54) is 33.3 Å². The van der Waals surface area contributed by atoms with Gasteiger partial charge in [-0.05, 0) is 19.1 Å². The molecule has 0 atom stereocenters. The summed E-state index contributed by atoms with van der Waals surface area (Å²) in [7, 11) is 5.98. The Bertz CT molecular complexity index is 520. The van der Waals surface area contributed by atoms with E-state index in [0.29, 0.717) is 29.4 Å². The molecule has 0 spiro atoms. The van der Waals surface area contributed by atoms with Gasteiger partial charge < -0.3 is 24.4 Å². The highest BCUT2D eigenvalue weighted by Crippen LogP contribution is 2.38. The van der Waals surface area contributed by atoms with Gasteiger partial charge in [-0.15, -0.1) is 0 Å². The summed E-state index contributed by atoms with van der Waals surface area (Å²) >= 11 is 0. The predicted molar refractivity (Wildman–Crippen MR) is 81.7 cm³/mol. The van der Waals surface area contributed by atoms with E-state index in [0.717, 1.165) is 0 Å². The van der Waals surface area contributed by atoms with E-state index in [9.17, 15) is 9.59 Å². The van der Waals surface area contributed by atoms with Gasteiger partial charge in [0.05, 0.1) is 27.9 Å². The highest BCUT2D eigenvalue weighted by atomic mass is 16.5. The molecule has 1 aromatic rings. The molecule has 0 bridgehead atoms. The molecular weight excluding hydrogens is 288 g/mol. The molecule has 0 saturated heterocycles. The van der Waals surface area contributed by atoms with Gasteiger partial charge in [0.15, 0.2) is 11.5 Å². The van der Waals surface area contributed by atoms with Gasteiger partial charge in [-0.25, -0.2) is 0 Å². The standard InChI is InChI=1S/C15H22N2O5/c1-6-17(9-13(18)16-2)15(19)10-7-11(20-3)14(22-5)12(8-10)21-4/h7-8H,6,9H2,1-5H3,(H,16,18). The molecule has 0 fully saturated rings. The third-order valence-electron chi connectivity index (χ3n) is 3.19. The summed E-state index contributed by atoms with van der Waals surface area (Å²) in [4.78, 5) is 25.5. The first-order chi connectivity index (χ1) is 10.5. The Morgan fingerprint density at radius 3 is 2.00 bits per heavy atom. The lowest BCUT2D eigenvalue weighted by atomic mass is 10.1. The molecule has 0 heterocycles. The van der Waals surface area contributed by atoms with E-state index in [1.807, 2.05) is 0 Å². The zero-order valence-electron chi connectivity index (χ0n) is 13.6. The smallest absolute Gasteiger partial charge is 0.254 e. The van der Waals surface area contributed by atoms with Gasteiger partial charge in [-0.3, -0.25) is 9.59 Å². The summed E-state index contributed by atoms with van der Waals surface area (Å²) in [6, 6.07) is 3.13. The van der Waals surface area contributed by atoms with Crippen LogP contribution in [0.3, 0.4) is 0 Å². The molecule has 7 heteroatoms. The van der Waals surface area contributed by atoms with Crippen LogP contribution < -0.4 is 19.5 Å². The van der Waals surface area contributed by atoms with Gasteiger partial charge in [0.1, 0.15) is 0 Å². The first kappa shape index (κ1) is 17.6. The van der Waals surface area contributed by atoms with Crippen molar-refractivity contribution in [3.8, 4) is 17.2 Å². The molecule has 2 amide bonds. The lowest BCUT2D eigenvalue weighted by molar-refractivity contribution is -0.121. The number of carbonyl (C=O) groups is 2. The fraction of sp³-hybridized carbons (Fsp3) is 0.467. The predicted octanol–water partition coefficient (Wildman–Crippen LogP) is 0.921. The summed E-state index contributed by atoms with van der Waals surface area (Å²) < 4.78 is 15.7. The van der Waals surface area contributed by atoms with Crippen LogP contribution in [0.1, 0.15) is 17.3 Å². The van der Waals surface area contributed by atoms with Gasteiger partial charge in [0, 0.05) is 19.2 Å². The number of carbonyl (C=O) groups excluding carboxylic acids is 2.